The molecule has 0 spiro atoms. The summed E-state index contributed by atoms with van der Waals surface area (Å²) in [6.07, 6.45) is 2.17. The lowest BCUT2D eigenvalue weighted by Gasteiger charge is -2.22. The van der Waals surface area contributed by atoms with Crippen molar-refractivity contribution in [1.82, 2.24) is 15.2 Å². The largest absolute Gasteiger partial charge is 0.333 e. The second kappa shape index (κ2) is 3.57. The molecule has 0 radical (unpaired) electrons. The molecule has 15 heavy (non-hydrogen) atoms. The number of hydrogen-bond donors (Lipinski definition) is 1. The van der Waals surface area contributed by atoms with Crippen LogP contribution in [0.5, 0.6) is 0 Å². The molecule has 1 amide bonds. The molecule has 1 N–H and O–H groups in total. The number of fused-ring (bicyclic) bond motifs is 1. The SMILES string of the molecule is O=C(c1cscn1)N1CC[C@H]2NCC[C@@H]21. The van der Waals surface area contributed by atoms with Gasteiger partial charge in [-0.3, -0.25) is 4.79 Å². The van der Waals surface area contributed by atoms with Crippen molar-refractivity contribution in [2.45, 2.75) is 24.9 Å². The van der Waals surface area contributed by atoms with Gasteiger partial charge in [0.2, 0.25) is 0 Å². The molecule has 3 rings (SSSR count). The van der Waals surface area contributed by atoms with Crippen LogP contribution in [0.4, 0.5) is 0 Å². The first-order valence-corrected chi connectivity index (χ1v) is 6.23. The smallest absolute Gasteiger partial charge is 0.273 e. The molecule has 2 saturated heterocycles. The predicted molar refractivity (Wildman–Crippen MR) is 58.0 cm³/mol. The quantitative estimate of drug-likeness (QED) is 0.763. The Hall–Kier alpha value is -0.940. The molecule has 2 aliphatic heterocycles. The van der Waals surface area contributed by atoms with Crippen LogP contribution in [0, 0.1) is 0 Å². The van der Waals surface area contributed by atoms with Crippen LogP contribution < -0.4 is 5.32 Å². The Morgan fingerprint density at radius 2 is 2.53 bits per heavy atom. The molecule has 3 heterocycles. The van der Waals surface area contributed by atoms with Crippen molar-refractivity contribution in [3.63, 3.8) is 0 Å². The Morgan fingerprint density at radius 1 is 1.60 bits per heavy atom. The minimum atomic E-state index is 0.104. The van der Waals surface area contributed by atoms with Crippen molar-refractivity contribution in [3.8, 4) is 0 Å². The van der Waals surface area contributed by atoms with Crippen molar-refractivity contribution in [2.75, 3.05) is 13.1 Å². The first-order chi connectivity index (χ1) is 7.36. The molecule has 0 aromatic carbocycles. The summed E-state index contributed by atoms with van der Waals surface area (Å²) >= 11 is 1.48. The molecule has 5 heteroatoms. The highest BCUT2D eigenvalue weighted by Crippen LogP contribution is 2.26. The van der Waals surface area contributed by atoms with Crippen molar-refractivity contribution >= 4 is 17.2 Å². The first-order valence-electron chi connectivity index (χ1n) is 5.29. The molecule has 2 fully saturated rings. The van der Waals surface area contributed by atoms with E-state index >= 15 is 0 Å². The van der Waals surface area contributed by atoms with Gasteiger partial charge in [0.1, 0.15) is 5.69 Å². The van der Waals surface area contributed by atoms with Crippen molar-refractivity contribution in [1.29, 1.82) is 0 Å². The summed E-state index contributed by atoms with van der Waals surface area (Å²) in [5.74, 6) is 0.104. The molecule has 0 unspecified atom stereocenters. The molecular weight excluding hydrogens is 210 g/mol. The second-order valence-electron chi connectivity index (χ2n) is 4.08. The Morgan fingerprint density at radius 3 is 3.33 bits per heavy atom. The number of nitrogens with zero attached hydrogens (tertiary/aromatic N) is 2. The van der Waals surface area contributed by atoms with Gasteiger partial charge in [-0.05, 0) is 19.4 Å². The van der Waals surface area contributed by atoms with Gasteiger partial charge in [-0.2, -0.15) is 0 Å². The molecule has 2 aliphatic rings. The molecule has 4 nitrogen and oxygen atoms in total. The monoisotopic (exact) mass is 223 g/mol. The first kappa shape index (κ1) is 9.30. The van der Waals surface area contributed by atoms with Gasteiger partial charge in [0.15, 0.2) is 0 Å². The summed E-state index contributed by atoms with van der Waals surface area (Å²) in [7, 11) is 0. The van der Waals surface area contributed by atoms with Gasteiger partial charge in [-0.1, -0.05) is 0 Å². The van der Waals surface area contributed by atoms with E-state index in [0.717, 1.165) is 25.9 Å². The number of likely N-dealkylation sites (tertiary alicyclic amines) is 1. The van der Waals surface area contributed by atoms with E-state index in [1.165, 1.54) is 11.3 Å². The highest BCUT2D eigenvalue weighted by molar-refractivity contribution is 7.07. The van der Waals surface area contributed by atoms with E-state index in [2.05, 4.69) is 10.3 Å². The van der Waals surface area contributed by atoms with Crippen molar-refractivity contribution in [2.24, 2.45) is 0 Å². The van der Waals surface area contributed by atoms with Gasteiger partial charge in [0.05, 0.1) is 5.51 Å². The topological polar surface area (TPSA) is 45.2 Å². The van der Waals surface area contributed by atoms with Crippen LogP contribution in [0.1, 0.15) is 23.3 Å². The Bertz CT molecular complexity index is 365. The predicted octanol–water partition coefficient (Wildman–Crippen LogP) is 0.720. The maximum absolute atomic E-state index is 12.1. The van der Waals surface area contributed by atoms with E-state index in [1.807, 2.05) is 10.3 Å². The average Bonchev–Trinajstić information content (AvgIpc) is 2.94. The molecule has 1 aromatic heterocycles. The van der Waals surface area contributed by atoms with Crippen LogP contribution in [-0.4, -0.2) is 41.0 Å². The molecule has 80 valence electrons. The van der Waals surface area contributed by atoms with E-state index < -0.39 is 0 Å². The molecule has 0 saturated carbocycles. The number of thiazole rings is 1. The summed E-state index contributed by atoms with van der Waals surface area (Å²) in [5.41, 5.74) is 2.32. The van der Waals surface area contributed by atoms with Gasteiger partial charge in [0, 0.05) is 24.0 Å². The zero-order chi connectivity index (χ0) is 10.3. The lowest BCUT2D eigenvalue weighted by atomic mass is 10.1. The van der Waals surface area contributed by atoms with Gasteiger partial charge in [-0.15, -0.1) is 11.3 Å². The van der Waals surface area contributed by atoms with Crippen molar-refractivity contribution in [3.05, 3.63) is 16.6 Å². The van der Waals surface area contributed by atoms with Gasteiger partial charge in [0.25, 0.3) is 5.91 Å². The molecular formula is C10H13N3OS. The fraction of sp³-hybridized carbons (Fsp3) is 0.600. The van der Waals surface area contributed by atoms with E-state index in [4.69, 9.17) is 0 Å². The van der Waals surface area contributed by atoms with Crippen LogP contribution >= 0.6 is 11.3 Å². The molecule has 1 aromatic rings. The number of carbonyl (C=O) groups excluding carboxylic acids is 1. The minimum Gasteiger partial charge on any atom is -0.333 e. The fourth-order valence-electron chi connectivity index (χ4n) is 2.58. The lowest BCUT2D eigenvalue weighted by molar-refractivity contribution is 0.0732. The van der Waals surface area contributed by atoms with Gasteiger partial charge >= 0.3 is 0 Å². The number of carbonyl (C=O) groups is 1. The number of aromatic nitrogens is 1. The Kier molecular flexibility index (Phi) is 2.21. The van der Waals surface area contributed by atoms with Crippen LogP contribution in [0.15, 0.2) is 10.9 Å². The average molecular weight is 223 g/mol. The van der Waals surface area contributed by atoms with Gasteiger partial charge in [-0.25, -0.2) is 4.98 Å². The summed E-state index contributed by atoms with van der Waals surface area (Å²) in [4.78, 5) is 18.2. The highest BCUT2D eigenvalue weighted by atomic mass is 32.1. The highest BCUT2D eigenvalue weighted by Gasteiger charge is 2.40. The van der Waals surface area contributed by atoms with E-state index in [-0.39, 0.29) is 5.91 Å². The van der Waals surface area contributed by atoms with E-state index in [0.29, 0.717) is 17.8 Å². The number of nitrogens with one attached hydrogen (secondary N) is 1. The maximum atomic E-state index is 12.1. The summed E-state index contributed by atoms with van der Waals surface area (Å²) in [5, 5.41) is 5.27. The summed E-state index contributed by atoms with van der Waals surface area (Å²) in [6.45, 7) is 1.91. The van der Waals surface area contributed by atoms with Gasteiger partial charge < -0.3 is 10.2 Å². The van der Waals surface area contributed by atoms with Crippen LogP contribution in [-0.2, 0) is 0 Å². The molecule has 0 bridgehead atoms. The maximum Gasteiger partial charge on any atom is 0.273 e. The zero-order valence-electron chi connectivity index (χ0n) is 8.35. The molecule has 0 aliphatic carbocycles. The van der Waals surface area contributed by atoms with E-state index in [9.17, 15) is 4.79 Å². The number of hydrogen-bond acceptors (Lipinski definition) is 4. The summed E-state index contributed by atoms with van der Waals surface area (Å²) < 4.78 is 0. The minimum absolute atomic E-state index is 0.104. The third kappa shape index (κ3) is 1.46. The Balaban J connectivity index is 1.80. The van der Waals surface area contributed by atoms with Crippen LogP contribution in [0.3, 0.4) is 0 Å². The zero-order valence-corrected chi connectivity index (χ0v) is 9.17. The Labute approximate surface area is 92.3 Å². The summed E-state index contributed by atoms with van der Waals surface area (Å²) in [6, 6.07) is 0.923. The third-order valence-corrected chi connectivity index (χ3v) is 3.89. The van der Waals surface area contributed by atoms with Crippen LogP contribution in [0.25, 0.3) is 0 Å². The number of amides is 1. The standard InChI is InChI=1S/C10H13N3OS/c14-10(8-5-15-6-12-8)13-4-2-7-9(13)1-3-11-7/h5-7,9,11H,1-4H2/t7-,9+/m1/s1. The van der Waals surface area contributed by atoms with Crippen LogP contribution in [0.2, 0.25) is 0 Å². The lowest BCUT2D eigenvalue weighted by Crippen LogP contribution is -2.38. The third-order valence-electron chi connectivity index (χ3n) is 3.30. The fourth-order valence-corrected chi connectivity index (χ4v) is 3.11. The normalized spacial score (nSPS) is 29.5. The van der Waals surface area contributed by atoms with E-state index in [1.54, 1.807) is 5.51 Å². The van der Waals surface area contributed by atoms with Crippen molar-refractivity contribution < 1.29 is 4.79 Å². The molecule has 2 atom stereocenters. The second-order valence-corrected chi connectivity index (χ2v) is 4.80. The number of rotatable bonds is 1.